The first kappa shape index (κ1) is 12.2. The molecule has 2 aromatic rings. The lowest BCUT2D eigenvalue weighted by atomic mass is 9.76. The lowest BCUT2D eigenvalue weighted by Crippen LogP contribution is -2.33. The monoisotopic (exact) mass is 255 g/mol. The zero-order valence-electron chi connectivity index (χ0n) is 10.7. The summed E-state index contributed by atoms with van der Waals surface area (Å²) in [5.41, 5.74) is 1.36. The molecule has 19 heavy (non-hydrogen) atoms. The smallest absolute Gasteiger partial charge is 0.213 e. The maximum atomic E-state index is 10.2. The average Bonchev–Trinajstić information content (AvgIpc) is 2.44. The molecule has 0 saturated heterocycles. The van der Waals surface area contributed by atoms with Crippen molar-refractivity contribution in [3.05, 3.63) is 59.8 Å². The third-order valence-electron chi connectivity index (χ3n) is 3.68. The van der Waals surface area contributed by atoms with Crippen molar-refractivity contribution < 1.29 is 9.84 Å². The molecule has 1 heterocycles. The van der Waals surface area contributed by atoms with Crippen molar-refractivity contribution in [3.8, 4) is 5.88 Å². The Morgan fingerprint density at radius 3 is 2.47 bits per heavy atom. The van der Waals surface area contributed by atoms with Gasteiger partial charge in [0.05, 0.1) is 5.60 Å². The van der Waals surface area contributed by atoms with Crippen molar-refractivity contribution in [3.63, 3.8) is 0 Å². The van der Waals surface area contributed by atoms with Crippen LogP contribution in [0.25, 0.3) is 0 Å². The molecular weight excluding hydrogens is 238 g/mol. The highest BCUT2D eigenvalue weighted by Gasteiger charge is 2.36. The molecule has 1 aliphatic rings. The van der Waals surface area contributed by atoms with E-state index in [0.29, 0.717) is 12.5 Å². The lowest BCUT2D eigenvalue weighted by molar-refractivity contribution is -0.0391. The number of rotatable bonds is 4. The maximum absolute atomic E-state index is 10.2. The van der Waals surface area contributed by atoms with Crippen LogP contribution in [0.1, 0.15) is 30.4 Å². The van der Waals surface area contributed by atoms with Crippen molar-refractivity contribution >= 4 is 0 Å². The van der Waals surface area contributed by atoms with Gasteiger partial charge < -0.3 is 9.84 Å². The van der Waals surface area contributed by atoms with Gasteiger partial charge in [0.15, 0.2) is 0 Å². The van der Waals surface area contributed by atoms with E-state index in [2.05, 4.69) is 4.98 Å². The fraction of sp³-hybridized carbons (Fsp3) is 0.312. The van der Waals surface area contributed by atoms with Crippen LogP contribution >= 0.6 is 0 Å². The molecule has 0 bridgehead atoms. The van der Waals surface area contributed by atoms with Crippen LogP contribution < -0.4 is 4.74 Å². The second-order valence-corrected chi connectivity index (χ2v) is 5.04. The van der Waals surface area contributed by atoms with Crippen LogP contribution in [0.3, 0.4) is 0 Å². The highest BCUT2D eigenvalue weighted by Crippen LogP contribution is 2.40. The van der Waals surface area contributed by atoms with E-state index in [1.165, 1.54) is 0 Å². The highest BCUT2D eigenvalue weighted by molar-refractivity contribution is 5.25. The molecule has 98 valence electrons. The minimum Gasteiger partial charge on any atom is -0.473 e. The molecule has 3 nitrogen and oxygen atoms in total. The molecule has 1 aromatic carbocycles. The number of nitrogens with zero attached hydrogens (tertiary/aromatic N) is 1. The Labute approximate surface area is 112 Å². The molecule has 3 rings (SSSR count). The Bertz CT molecular complexity index is 532. The number of hydrogen-bond acceptors (Lipinski definition) is 3. The largest absolute Gasteiger partial charge is 0.473 e. The molecule has 0 atom stereocenters. The summed E-state index contributed by atoms with van der Waals surface area (Å²) in [6.45, 7) is 0.511. The van der Waals surface area contributed by atoms with Gasteiger partial charge in [-0.15, -0.1) is 0 Å². The van der Waals surface area contributed by atoms with E-state index >= 15 is 0 Å². The van der Waals surface area contributed by atoms with Crippen molar-refractivity contribution in [1.82, 2.24) is 4.98 Å². The van der Waals surface area contributed by atoms with Gasteiger partial charge in [0.2, 0.25) is 5.88 Å². The summed E-state index contributed by atoms with van der Waals surface area (Å²) in [5.74, 6) is 0.593. The third-order valence-corrected chi connectivity index (χ3v) is 3.68. The van der Waals surface area contributed by atoms with Gasteiger partial charge in [-0.1, -0.05) is 30.3 Å². The van der Waals surface area contributed by atoms with E-state index in [1.807, 2.05) is 42.5 Å². The van der Waals surface area contributed by atoms with E-state index < -0.39 is 5.60 Å². The van der Waals surface area contributed by atoms with Gasteiger partial charge in [0, 0.05) is 17.8 Å². The van der Waals surface area contributed by atoms with Gasteiger partial charge in [0.25, 0.3) is 0 Å². The van der Waals surface area contributed by atoms with Crippen LogP contribution in [-0.4, -0.2) is 10.1 Å². The molecule has 1 saturated carbocycles. The molecule has 0 aliphatic heterocycles. The minimum atomic E-state index is -0.648. The molecule has 1 fully saturated rings. The Kier molecular flexibility index (Phi) is 3.22. The normalized spacial score (nSPS) is 16.7. The molecule has 0 amide bonds. The number of hydrogen-bond donors (Lipinski definition) is 1. The van der Waals surface area contributed by atoms with Crippen LogP contribution in [0, 0.1) is 0 Å². The number of aliphatic hydroxyl groups is 1. The van der Waals surface area contributed by atoms with Crippen LogP contribution in [0.5, 0.6) is 5.88 Å². The Morgan fingerprint density at radius 2 is 1.89 bits per heavy atom. The number of pyridine rings is 1. The quantitative estimate of drug-likeness (QED) is 0.913. The van der Waals surface area contributed by atoms with E-state index in [9.17, 15) is 5.11 Å². The molecule has 0 radical (unpaired) electrons. The molecule has 0 unspecified atom stereocenters. The predicted molar refractivity (Wildman–Crippen MR) is 72.8 cm³/mol. The van der Waals surface area contributed by atoms with Crippen LogP contribution in [0.4, 0.5) is 0 Å². The Hall–Kier alpha value is -1.87. The van der Waals surface area contributed by atoms with E-state index in [1.54, 1.807) is 6.20 Å². The summed E-state index contributed by atoms with van der Waals surface area (Å²) in [6, 6.07) is 13.7. The topological polar surface area (TPSA) is 42.4 Å². The summed E-state index contributed by atoms with van der Waals surface area (Å²) in [6.07, 6.45) is 4.47. The maximum Gasteiger partial charge on any atom is 0.213 e. The van der Waals surface area contributed by atoms with Gasteiger partial charge in [-0.05, 0) is 30.9 Å². The SMILES string of the molecule is OC1(c2ccc(OCc3ccccc3)nc2)CCC1. The van der Waals surface area contributed by atoms with E-state index in [4.69, 9.17) is 4.74 Å². The van der Waals surface area contributed by atoms with Gasteiger partial charge in [-0.3, -0.25) is 0 Å². The number of benzene rings is 1. The first-order chi connectivity index (χ1) is 9.26. The second-order valence-electron chi connectivity index (χ2n) is 5.04. The fourth-order valence-electron chi connectivity index (χ4n) is 2.27. The van der Waals surface area contributed by atoms with E-state index in [0.717, 1.165) is 30.4 Å². The van der Waals surface area contributed by atoms with Crippen molar-refractivity contribution in [1.29, 1.82) is 0 Å². The lowest BCUT2D eigenvalue weighted by Gasteiger charge is -2.36. The standard InChI is InChI=1S/C16H17NO2/c18-16(9-4-10-16)14-7-8-15(17-11-14)19-12-13-5-2-1-3-6-13/h1-3,5-8,11,18H,4,9-10,12H2. The summed E-state index contributed by atoms with van der Waals surface area (Å²) >= 11 is 0. The number of ether oxygens (including phenoxy) is 1. The molecule has 1 aliphatic carbocycles. The molecule has 1 N–H and O–H groups in total. The predicted octanol–water partition coefficient (Wildman–Crippen LogP) is 3.03. The van der Waals surface area contributed by atoms with E-state index in [-0.39, 0.29) is 0 Å². The van der Waals surface area contributed by atoms with Gasteiger partial charge in [-0.25, -0.2) is 4.98 Å². The summed E-state index contributed by atoms with van der Waals surface area (Å²) < 4.78 is 5.62. The van der Waals surface area contributed by atoms with Crippen molar-refractivity contribution in [2.75, 3.05) is 0 Å². The fourth-order valence-corrected chi connectivity index (χ4v) is 2.27. The first-order valence-electron chi connectivity index (χ1n) is 6.62. The zero-order chi connectivity index (χ0) is 13.1. The average molecular weight is 255 g/mol. The molecular formula is C16H17NO2. The number of aromatic nitrogens is 1. The van der Waals surface area contributed by atoms with Crippen LogP contribution in [0.2, 0.25) is 0 Å². The zero-order valence-corrected chi connectivity index (χ0v) is 10.7. The van der Waals surface area contributed by atoms with Crippen LogP contribution in [-0.2, 0) is 12.2 Å². The van der Waals surface area contributed by atoms with Gasteiger partial charge in [0.1, 0.15) is 6.61 Å². The summed E-state index contributed by atoms with van der Waals surface area (Å²) in [4.78, 5) is 4.26. The molecule has 1 aromatic heterocycles. The van der Waals surface area contributed by atoms with Crippen molar-refractivity contribution in [2.24, 2.45) is 0 Å². The molecule has 3 heteroatoms. The summed E-state index contributed by atoms with van der Waals surface area (Å²) in [5, 5.41) is 10.2. The third kappa shape index (κ3) is 2.61. The Balaban J connectivity index is 1.63. The summed E-state index contributed by atoms with van der Waals surface area (Å²) in [7, 11) is 0. The van der Waals surface area contributed by atoms with Gasteiger partial charge >= 0.3 is 0 Å². The minimum absolute atomic E-state index is 0.511. The van der Waals surface area contributed by atoms with Crippen LogP contribution in [0.15, 0.2) is 48.7 Å². The van der Waals surface area contributed by atoms with Crippen molar-refractivity contribution in [2.45, 2.75) is 31.5 Å². The first-order valence-corrected chi connectivity index (χ1v) is 6.62. The Morgan fingerprint density at radius 1 is 1.11 bits per heavy atom. The second kappa shape index (κ2) is 5.02. The highest BCUT2D eigenvalue weighted by atomic mass is 16.5. The molecule has 0 spiro atoms. The van der Waals surface area contributed by atoms with Gasteiger partial charge in [-0.2, -0.15) is 0 Å².